The molecule has 16 heavy (non-hydrogen) atoms. The minimum atomic E-state index is -0.597. The predicted molar refractivity (Wildman–Crippen MR) is 67.6 cm³/mol. The smallest absolute Gasteiger partial charge is 0.0608 e. The van der Waals surface area contributed by atoms with Crippen molar-refractivity contribution in [3.63, 3.8) is 0 Å². The molecule has 2 aromatic rings. The summed E-state index contributed by atoms with van der Waals surface area (Å²) in [6, 6.07) is 8.59. The maximum absolute atomic E-state index is 9.73. The summed E-state index contributed by atoms with van der Waals surface area (Å²) in [5.74, 6) is 0. The normalized spacial score (nSPS) is 12.2. The molecule has 1 heterocycles. The zero-order valence-electron chi connectivity index (χ0n) is 10.2. The summed E-state index contributed by atoms with van der Waals surface area (Å²) < 4.78 is 2.21. The monoisotopic (exact) mass is 217 g/mol. The Morgan fingerprint density at radius 2 is 2.00 bits per heavy atom. The standard InChI is InChI=1S/C14H19NO/c1-11-4-5-12-6-8-15(13(12)10-11)9-7-14(2,3)16/h4-6,8,10,16H,7,9H2,1-3H3. The highest BCUT2D eigenvalue weighted by atomic mass is 16.3. The number of aromatic nitrogens is 1. The third-order valence-corrected chi connectivity index (χ3v) is 2.89. The van der Waals surface area contributed by atoms with Gasteiger partial charge in [0.15, 0.2) is 0 Å². The van der Waals surface area contributed by atoms with E-state index in [2.05, 4.69) is 42.0 Å². The van der Waals surface area contributed by atoms with E-state index in [4.69, 9.17) is 0 Å². The van der Waals surface area contributed by atoms with E-state index < -0.39 is 5.60 Å². The van der Waals surface area contributed by atoms with Crippen molar-refractivity contribution in [2.45, 2.75) is 39.3 Å². The second-order valence-electron chi connectivity index (χ2n) is 5.13. The molecule has 1 N–H and O–H groups in total. The maximum atomic E-state index is 9.73. The van der Waals surface area contributed by atoms with Gasteiger partial charge in [-0.05, 0) is 50.3 Å². The summed E-state index contributed by atoms with van der Waals surface area (Å²) in [5, 5.41) is 11.0. The lowest BCUT2D eigenvalue weighted by molar-refractivity contribution is 0.0666. The molecule has 86 valence electrons. The van der Waals surface area contributed by atoms with Gasteiger partial charge in [-0.1, -0.05) is 12.1 Å². The van der Waals surface area contributed by atoms with Crippen molar-refractivity contribution in [2.24, 2.45) is 0 Å². The van der Waals surface area contributed by atoms with Gasteiger partial charge in [-0.3, -0.25) is 0 Å². The van der Waals surface area contributed by atoms with Crippen molar-refractivity contribution >= 4 is 10.9 Å². The van der Waals surface area contributed by atoms with Gasteiger partial charge in [0.25, 0.3) is 0 Å². The highest BCUT2D eigenvalue weighted by Gasteiger charge is 2.12. The van der Waals surface area contributed by atoms with Gasteiger partial charge in [-0.15, -0.1) is 0 Å². The number of nitrogens with zero attached hydrogens (tertiary/aromatic N) is 1. The van der Waals surface area contributed by atoms with Crippen LogP contribution in [0.4, 0.5) is 0 Å². The van der Waals surface area contributed by atoms with Crippen molar-refractivity contribution in [3.05, 3.63) is 36.0 Å². The Bertz CT molecular complexity index is 491. The van der Waals surface area contributed by atoms with Gasteiger partial charge < -0.3 is 9.67 Å². The van der Waals surface area contributed by atoms with Crippen LogP contribution < -0.4 is 0 Å². The average Bonchev–Trinajstić information content (AvgIpc) is 2.56. The Labute approximate surface area is 96.5 Å². The van der Waals surface area contributed by atoms with Crippen molar-refractivity contribution in [1.29, 1.82) is 0 Å². The second kappa shape index (κ2) is 3.95. The predicted octanol–water partition coefficient (Wildman–Crippen LogP) is 3.11. The molecule has 1 aromatic carbocycles. The molecule has 2 heteroatoms. The lowest BCUT2D eigenvalue weighted by Gasteiger charge is -2.17. The number of hydrogen-bond acceptors (Lipinski definition) is 1. The van der Waals surface area contributed by atoms with Gasteiger partial charge in [0.1, 0.15) is 0 Å². The van der Waals surface area contributed by atoms with Crippen molar-refractivity contribution < 1.29 is 5.11 Å². The molecule has 1 aromatic heterocycles. The van der Waals surface area contributed by atoms with E-state index in [-0.39, 0.29) is 0 Å². The molecule has 0 bridgehead atoms. The third-order valence-electron chi connectivity index (χ3n) is 2.89. The molecule has 0 spiro atoms. The van der Waals surface area contributed by atoms with Crippen LogP contribution in [0.2, 0.25) is 0 Å². The molecule has 0 saturated heterocycles. The topological polar surface area (TPSA) is 25.2 Å². The number of aliphatic hydroxyl groups is 1. The zero-order valence-corrected chi connectivity index (χ0v) is 10.2. The van der Waals surface area contributed by atoms with Crippen LogP contribution in [0.1, 0.15) is 25.8 Å². The average molecular weight is 217 g/mol. The van der Waals surface area contributed by atoms with Gasteiger partial charge in [-0.25, -0.2) is 0 Å². The highest BCUT2D eigenvalue weighted by molar-refractivity contribution is 5.80. The molecule has 0 saturated carbocycles. The molecular formula is C14H19NO. The van der Waals surface area contributed by atoms with E-state index in [1.165, 1.54) is 16.5 Å². The summed E-state index contributed by atoms with van der Waals surface area (Å²) in [7, 11) is 0. The van der Waals surface area contributed by atoms with Crippen LogP contribution in [0.25, 0.3) is 10.9 Å². The molecule has 2 nitrogen and oxygen atoms in total. The second-order valence-corrected chi connectivity index (χ2v) is 5.13. The summed E-state index contributed by atoms with van der Waals surface area (Å²) in [6.07, 6.45) is 2.86. The van der Waals surface area contributed by atoms with Crippen LogP contribution in [0.5, 0.6) is 0 Å². The van der Waals surface area contributed by atoms with Crippen LogP contribution in [-0.4, -0.2) is 15.3 Å². The van der Waals surface area contributed by atoms with E-state index in [0.717, 1.165) is 13.0 Å². The Hall–Kier alpha value is -1.28. The Balaban J connectivity index is 2.28. The highest BCUT2D eigenvalue weighted by Crippen LogP contribution is 2.19. The minimum absolute atomic E-state index is 0.597. The van der Waals surface area contributed by atoms with Gasteiger partial charge in [0.05, 0.1) is 5.60 Å². The minimum Gasteiger partial charge on any atom is -0.390 e. The molecule has 0 aliphatic heterocycles. The number of aryl methyl sites for hydroxylation is 2. The van der Waals surface area contributed by atoms with E-state index in [9.17, 15) is 5.11 Å². The van der Waals surface area contributed by atoms with Crippen LogP contribution in [0.15, 0.2) is 30.5 Å². The summed E-state index contributed by atoms with van der Waals surface area (Å²) >= 11 is 0. The van der Waals surface area contributed by atoms with Crippen molar-refractivity contribution in [3.8, 4) is 0 Å². The zero-order chi connectivity index (χ0) is 11.8. The number of hydrogen-bond donors (Lipinski definition) is 1. The first-order valence-electron chi connectivity index (χ1n) is 5.74. The van der Waals surface area contributed by atoms with Crippen molar-refractivity contribution in [2.75, 3.05) is 0 Å². The summed E-state index contributed by atoms with van der Waals surface area (Å²) in [4.78, 5) is 0. The molecule has 0 amide bonds. The third kappa shape index (κ3) is 2.45. The fourth-order valence-electron chi connectivity index (χ4n) is 1.88. The maximum Gasteiger partial charge on any atom is 0.0608 e. The SMILES string of the molecule is Cc1ccc2ccn(CCC(C)(C)O)c2c1. The fourth-order valence-corrected chi connectivity index (χ4v) is 1.88. The first-order valence-corrected chi connectivity index (χ1v) is 5.74. The Morgan fingerprint density at radius 1 is 1.25 bits per heavy atom. The molecule has 0 unspecified atom stereocenters. The summed E-state index contributed by atoms with van der Waals surface area (Å²) in [6.45, 7) is 6.66. The molecule has 0 radical (unpaired) electrons. The van der Waals surface area contributed by atoms with Crippen molar-refractivity contribution in [1.82, 2.24) is 4.57 Å². The van der Waals surface area contributed by atoms with Gasteiger partial charge in [-0.2, -0.15) is 0 Å². The molecule has 0 aliphatic rings. The lowest BCUT2D eigenvalue weighted by Crippen LogP contribution is -2.20. The van der Waals surface area contributed by atoms with Gasteiger partial charge in [0.2, 0.25) is 0 Å². The lowest BCUT2D eigenvalue weighted by atomic mass is 10.1. The van der Waals surface area contributed by atoms with E-state index in [1.807, 2.05) is 13.8 Å². The Kier molecular flexibility index (Phi) is 2.76. The fraction of sp³-hybridized carbons (Fsp3) is 0.429. The van der Waals surface area contributed by atoms with Crippen LogP contribution in [0, 0.1) is 6.92 Å². The molecule has 0 fully saturated rings. The summed E-state index contributed by atoms with van der Waals surface area (Å²) in [5.41, 5.74) is 1.93. The van der Waals surface area contributed by atoms with Crippen LogP contribution in [0.3, 0.4) is 0 Å². The quantitative estimate of drug-likeness (QED) is 0.839. The van der Waals surface area contributed by atoms with Crippen LogP contribution >= 0.6 is 0 Å². The van der Waals surface area contributed by atoms with E-state index >= 15 is 0 Å². The number of benzene rings is 1. The molecular weight excluding hydrogens is 198 g/mol. The largest absolute Gasteiger partial charge is 0.390 e. The number of fused-ring (bicyclic) bond motifs is 1. The molecule has 0 aliphatic carbocycles. The van der Waals surface area contributed by atoms with E-state index in [0.29, 0.717) is 0 Å². The first kappa shape index (κ1) is 11.2. The van der Waals surface area contributed by atoms with Gasteiger partial charge >= 0.3 is 0 Å². The molecule has 0 atom stereocenters. The van der Waals surface area contributed by atoms with E-state index in [1.54, 1.807) is 0 Å². The molecule has 2 rings (SSSR count). The first-order chi connectivity index (χ1) is 7.46. The Morgan fingerprint density at radius 3 is 2.69 bits per heavy atom. The number of rotatable bonds is 3. The van der Waals surface area contributed by atoms with Gasteiger partial charge in [0, 0.05) is 18.3 Å². The van der Waals surface area contributed by atoms with Crippen LogP contribution in [-0.2, 0) is 6.54 Å².